The van der Waals surface area contributed by atoms with E-state index in [1.165, 1.54) is 0 Å². The van der Waals surface area contributed by atoms with E-state index in [0.717, 1.165) is 5.39 Å². The van der Waals surface area contributed by atoms with E-state index in [1.807, 2.05) is 6.07 Å². The fourth-order valence-electron chi connectivity index (χ4n) is 1.63. The van der Waals surface area contributed by atoms with Crippen LogP contribution >= 0.6 is 11.6 Å². The highest BCUT2D eigenvalue weighted by molar-refractivity contribution is 7.89. The van der Waals surface area contributed by atoms with Crippen LogP contribution in [0.4, 0.5) is 0 Å². The number of benzene rings is 1. The lowest BCUT2D eigenvalue weighted by molar-refractivity contribution is 0.582. The first-order valence-electron chi connectivity index (χ1n) is 5.47. The highest BCUT2D eigenvalue weighted by Crippen LogP contribution is 2.21. The molecule has 2 rings (SSSR count). The van der Waals surface area contributed by atoms with Crippen molar-refractivity contribution in [1.82, 2.24) is 9.71 Å². The molecule has 0 bridgehead atoms. The number of sulfonamides is 1. The maximum atomic E-state index is 12.2. The maximum Gasteiger partial charge on any atom is 0.241 e. The number of fused-ring (bicyclic) bond motifs is 1. The van der Waals surface area contributed by atoms with Crippen LogP contribution in [0.5, 0.6) is 0 Å². The smallest absolute Gasteiger partial charge is 0.241 e. The van der Waals surface area contributed by atoms with Gasteiger partial charge in [-0.3, -0.25) is 4.98 Å². The molecule has 0 amide bonds. The summed E-state index contributed by atoms with van der Waals surface area (Å²) in [7, 11) is -3.54. The summed E-state index contributed by atoms with van der Waals surface area (Å²) in [4.78, 5) is 4.22. The van der Waals surface area contributed by atoms with Gasteiger partial charge in [-0.2, -0.15) is 0 Å². The van der Waals surface area contributed by atoms with Gasteiger partial charge in [0.05, 0.1) is 4.90 Å². The molecule has 0 aliphatic carbocycles. The molecule has 1 N–H and O–H groups in total. The van der Waals surface area contributed by atoms with Crippen LogP contribution in [-0.2, 0) is 10.0 Å². The molecule has 1 unspecified atom stereocenters. The Morgan fingerprint density at radius 2 is 2.17 bits per heavy atom. The molecule has 0 saturated heterocycles. The quantitative estimate of drug-likeness (QED) is 0.875. The van der Waals surface area contributed by atoms with Crippen LogP contribution in [0.25, 0.3) is 10.8 Å². The lowest BCUT2D eigenvalue weighted by Gasteiger charge is -2.10. The van der Waals surface area contributed by atoms with Crippen LogP contribution < -0.4 is 4.72 Å². The Balaban J connectivity index is 2.47. The highest BCUT2D eigenvalue weighted by Gasteiger charge is 2.17. The van der Waals surface area contributed by atoms with Crippen LogP contribution in [-0.4, -0.2) is 25.3 Å². The fraction of sp³-hybridized carbons (Fsp3) is 0.250. The molecule has 0 radical (unpaired) electrons. The highest BCUT2D eigenvalue weighted by atomic mass is 35.5. The number of hydrogen-bond acceptors (Lipinski definition) is 3. The average Bonchev–Trinajstić information content (AvgIpc) is 2.36. The summed E-state index contributed by atoms with van der Waals surface area (Å²) >= 11 is 5.75. The molecule has 6 heteroatoms. The first-order valence-corrected chi connectivity index (χ1v) is 7.39. The Hall–Kier alpha value is -1.17. The number of halogens is 1. The Labute approximate surface area is 111 Å². The number of nitrogens with zero attached hydrogens (tertiary/aromatic N) is 1. The third-order valence-corrected chi connectivity index (χ3v) is 4.12. The normalized spacial score (nSPS) is 13.7. The summed E-state index contributed by atoms with van der Waals surface area (Å²) in [5.74, 6) is 0. The van der Waals surface area contributed by atoms with Crippen LogP contribution in [0.15, 0.2) is 41.6 Å². The van der Waals surface area contributed by atoms with E-state index in [9.17, 15) is 8.42 Å². The first-order chi connectivity index (χ1) is 8.50. The van der Waals surface area contributed by atoms with Crippen molar-refractivity contribution >= 4 is 32.4 Å². The second-order valence-corrected chi connectivity index (χ2v) is 6.47. The van der Waals surface area contributed by atoms with Gasteiger partial charge < -0.3 is 0 Å². The van der Waals surface area contributed by atoms with E-state index >= 15 is 0 Å². The molecular weight excluding hydrogens is 272 g/mol. The molecule has 1 heterocycles. The minimum atomic E-state index is -3.54. The molecule has 4 nitrogen and oxygen atoms in total. The lowest BCUT2D eigenvalue weighted by Crippen LogP contribution is -2.28. The molecular formula is C12H13ClN2O2S. The Morgan fingerprint density at radius 1 is 1.39 bits per heavy atom. The number of hydrogen-bond donors (Lipinski definition) is 1. The predicted molar refractivity (Wildman–Crippen MR) is 72.2 cm³/mol. The van der Waals surface area contributed by atoms with Gasteiger partial charge >= 0.3 is 0 Å². The SMILES string of the molecule is CC(Cl)CNS(=O)(=O)c1cccc2cnccc12. The largest absolute Gasteiger partial charge is 0.264 e. The van der Waals surface area contributed by atoms with E-state index in [0.29, 0.717) is 5.39 Å². The minimum absolute atomic E-state index is 0.200. The number of alkyl halides is 1. The Kier molecular flexibility index (Phi) is 3.85. The molecule has 0 fully saturated rings. The van der Waals surface area contributed by atoms with Crippen molar-refractivity contribution in [3.8, 4) is 0 Å². The van der Waals surface area contributed by atoms with Crippen LogP contribution in [0.2, 0.25) is 0 Å². The molecule has 1 aromatic heterocycles. The number of pyridine rings is 1. The summed E-state index contributed by atoms with van der Waals surface area (Å²) in [6, 6.07) is 6.78. The standard InChI is InChI=1S/C12H13ClN2O2S/c1-9(13)7-15-18(16,17)12-4-2-3-10-8-14-6-5-11(10)12/h2-6,8-9,15H,7H2,1H3. The number of rotatable bonds is 4. The van der Waals surface area contributed by atoms with E-state index in [-0.39, 0.29) is 16.8 Å². The Bertz CT molecular complexity index is 651. The van der Waals surface area contributed by atoms with Gasteiger partial charge in [0.15, 0.2) is 0 Å². The van der Waals surface area contributed by atoms with Gasteiger partial charge in [0.25, 0.3) is 0 Å². The topological polar surface area (TPSA) is 59.1 Å². The monoisotopic (exact) mass is 284 g/mol. The predicted octanol–water partition coefficient (Wildman–Crippen LogP) is 2.14. The third kappa shape index (κ3) is 2.80. The van der Waals surface area contributed by atoms with Crippen LogP contribution in [0.3, 0.4) is 0 Å². The summed E-state index contributed by atoms with van der Waals surface area (Å²) in [6.45, 7) is 1.93. The van der Waals surface area contributed by atoms with Crippen molar-refractivity contribution in [1.29, 1.82) is 0 Å². The second kappa shape index (κ2) is 5.22. The number of aromatic nitrogens is 1. The molecule has 1 aromatic carbocycles. The molecule has 18 heavy (non-hydrogen) atoms. The van der Waals surface area contributed by atoms with Gasteiger partial charge in [-0.1, -0.05) is 12.1 Å². The van der Waals surface area contributed by atoms with Crippen molar-refractivity contribution in [3.63, 3.8) is 0 Å². The van der Waals surface area contributed by atoms with Gasteiger partial charge in [0.2, 0.25) is 10.0 Å². The second-order valence-electron chi connectivity index (χ2n) is 3.99. The van der Waals surface area contributed by atoms with E-state index in [2.05, 4.69) is 9.71 Å². The van der Waals surface area contributed by atoms with E-state index < -0.39 is 10.0 Å². The summed E-state index contributed by atoms with van der Waals surface area (Å²) < 4.78 is 26.8. The van der Waals surface area contributed by atoms with Crippen LogP contribution in [0, 0.1) is 0 Å². The summed E-state index contributed by atoms with van der Waals surface area (Å²) in [5.41, 5.74) is 0. The zero-order valence-corrected chi connectivity index (χ0v) is 11.4. The average molecular weight is 285 g/mol. The molecule has 0 saturated carbocycles. The van der Waals surface area contributed by atoms with Gasteiger partial charge in [-0.25, -0.2) is 13.1 Å². The van der Waals surface area contributed by atoms with Crippen molar-refractivity contribution in [3.05, 3.63) is 36.7 Å². The molecule has 0 spiro atoms. The first kappa shape index (κ1) is 13.3. The van der Waals surface area contributed by atoms with Gasteiger partial charge in [-0.05, 0) is 19.1 Å². The van der Waals surface area contributed by atoms with Crippen molar-refractivity contribution in [2.24, 2.45) is 0 Å². The van der Waals surface area contributed by atoms with Crippen LogP contribution in [0.1, 0.15) is 6.92 Å². The van der Waals surface area contributed by atoms with Gasteiger partial charge in [-0.15, -0.1) is 11.6 Å². The van der Waals surface area contributed by atoms with Gasteiger partial charge in [0, 0.05) is 35.1 Å². The molecule has 2 aromatic rings. The fourth-order valence-corrected chi connectivity index (χ4v) is 3.16. The summed E-state index contributed by atoms with van der Waals surface area (Å²) in [6.07, 6.45) is 3.21. The van der Waals surface area contributed by atoms with Crippen molar-refractivity contribution < 1.29 is 8.42 Å². The minimum Gasteiger partial charge on any atom is -0.264 e. The zero-order chi connectivity index (χ0) is 13.2. The molecule has 0 aliphatic heterocycles. The van der Waals surface area contributed by atoms with E-state index in [4.69, 9.17) is 11.6 Å². The maximum absolute atomic E-state index is 12.2. The zero-order valence-electron chi connectivity index (χ0n) is 9.80. The van der Waals surface area contributed by atoms with Gasteiger partial charge in [0.1, 0.15) is 0 Å². The lowest BCUT2D eigenvalue weighted by atomic mass is 10.2. The third-order valence-electron chi connectivity index (χ3n) is 2.48. The summed E-state index contributed by atoms with van der Waals surface area (Å²) in [5, 5.41) is 1.19. The van der Waals surface area contributed by atoms with Crippen molar-refractivity contribution in [2.45, 2.75) is 17.2 Å². The molecule has 96 valence electrons. The van der Waals surface area contributed by atoms with Crippen molar-refractivity contribution in [2.75, 3.05) is 6.54 Å². The van der Waals surface area contributed by atoms with E-state index in [1.54, 1.807) is 37.5 Å². The molecule has 1 atom stereocenters. The number of nitrogens with one attached hydrogen (secondary N) is 1. The Morgan fingerprint density at radius 3 is 2.89 bits per heavy atom. The molecule has 0 aliphatic rings.